The number of rotatable bonds is 2. The molecule has 1 aromatic heterocycles. The molecule has 0 saturated carbocycles. The Bertz CT molecular complexity index is 740. The fourth-order valence-electron chi connectivity index (χ4n) is 3.08. The first-order valence-electron chi connectivity index (χ1n) is 8.68. The number of aryl methyl sites for hydroxylation is 1. The third-order valence-electron chi connectivity index (χ3n) is 4.48. The number of nitrogens with one attached hydrogen (secondary N) is 1. The third kappa shape index (κ3) is 3.95. The Morgan fingerprint density at radius 1 is 1.16 bits per heavy atom. The van der Waals surface area contributed by atoms with Gasteiger partial charge in [0, 0.05) is 37.9 Å². The van der Waals surface area contributed by atoms with E-state index >= 15 is 0 Å². The van der Waals surface area contributed by atoms with Crippen molar-refractivity contribution in [2.24, 2.45) is 0 Å². The molecule has 1 aliphatic rings. The summed E-state index contributed by atoms with van der Waals surface area (Å²) in [7, 11) is 0. The normalized spacial score (nSPS) is 15.4. The number of carbonyl (C=O) groups is 1. The van der Waals surface area contributed by atoms with Crippen molar-refractivity contribution in [1.29, 1.82) is 0 Å². The molecule has 3 rings (SSSR count). The highest BCUT2D eigenvalue weighted by Gasteiger charge is 2.24. The minimum Gasteiger partial charge on any atom is -0.360 e. The van der Waals surface area contributed by atoms with Crippen molar-refractivity contribution < 1.29 is 9.32 Å². The van der Waals surface area contributed by atoms with Gasteiger partial charge in [-0.3, -0.25) is 0 Å². The Balaban J connectivity index is 1.62. The largest absolute Gasteiger partial charge is 0.360 e. The van der Waals surface area contributed by atoms with E-state index in [9.17, 15) is 4.79 Å². The maximum Gasteiger partial charge on any atom is 0.321 e. The van der Waals surface area contributed by atoms with E-state index in [1.165, 1.54) is 0 Å². The molecule has 2 amide bonds. The SMILES string of the molecule is Cc1cc(N2CCN(C(=O)Nc3ccccc3C(C)(C)C)CC2)no1. The molecule has 2 aromatic rings. The molecular formula is C19H26N4O2. The van der Waals surface area contributed by atoms with Crippen LogP contribution < -0.4 is 10.2 Å². The lowest BCUT2D eigenvalue weighted by Crippen LogP contribution is -2.50. The summed E-state index contributed by atoms with van der Waals surface area (Å²) in [6.07, 6.45) is 0. The second-order valence-corrected chi connectivity index (χ2v) is 7.50. The van der Waals surface area contributed by atoms with Crippen LogP contribution in [-0.4, -0.2) is 42.3 Å². The van der Waals surface area contributed by atoms with E-state index in [0.717, 1.165) is 35.9 Å². The molecule has 1 aromatic carbocycles. The molecular weight excluding hydrogens is 316 g/mol. The Kier molecular flexibility index (Phi) is 4.70. The Morgan fingerprint density at radius 3 is 2.44 bits per heavy atom. The summed E-state index contributed by atoms with van der Waals surface area (Å²) >= 11 is 0. The van der Waals surface area contributed by atoms with Crippen molar-refractivity contribution in [1.82, 2.24) is 10.1 Å². The molecule has 2 heterocycles. The summed E-state index contributed by atoms with van der Waals surface area (Å²) in [5.74, 6) is 1.64. The molecule has 6 heteroatoms. The molecule has 0 aliphatic carbocycles. The quantitative estimate of drug-likeness (QED) is 0.905. The van der Waals surface area contributed by atoms with Crippen LogP contribution in [0.5, 0.6) is 0 Å². The minimum absolute atomic E-state index is 0.0205. The van der Waals surface area contributed by atoms with Crippen molar-refractivity contribution >= 4 is 17.5 Å². The molecule has 1 fully saturated rings. The average Bonchev–Trinajstić information content (AvgIpc) is 3.01. The Morgan fingerprint density at radius 2 is 1.84 bits per heavy atom. The molecule has 1 aliphatic heterocycles. The summed E-state index contributed by atoms with van der Waals surface area (Å²) in [6, 6.07) is 9.88. The molecule has 134 valence electrons. The number of para-hydroxylation sites is 1. The zero-order valence-electron chi connectivity index (χ0n) is 15.4. The van der Waals surface area contributed by atoms with Crippen molar-refractivity contribution in [2.75, 3.05) is 36.4 Å². The highest BCUT2D eigenvalue weighted by atomic mass is 16.5. The maximum absolute atomic E-state index is 12.7. The topological polar surface area (TPSA) is 61.6 Å². The predicted octanol–water partition coefficient (Wildman–Crippen LogP) is 3.63. The fourth-order valence-corrected chi connectivity index (χ4v) is 3.08. The number of hydrogen-bond acceptors (Lipinski definition) is 4. The van der Waals surface area contributed by atoms with Crippen molar-refractivity contribution in [2.45, 2.75) is 33.1 Å². The van der Waals surface area contributed by atoms with Gasteiger partial charge in [0.25, 0.3) is 0 Å². The van der Waals surface area contributed by atoms with Crippen LogP contribution in [-0.2, 0) is 5.41 Å². The van der Waals surface area contributed by atoms with Crippen LogP contribution in [0.25, 0.3) is 0 Å². The lowest BCUT2D eigenvalue weighted by molar-refractivity contribution is 0.208. The third-order valence-corrected chi connectivity index (χ3v) is 4.48. The van der Waals surface area contributed by atoms with E-state index in [1.807, 2.05) is 36.1 Å². The van der Waals surface area contributed by atoms with Crippen LogP contribution in [0.1, 0.15) is 32.1 Å². The molecule has 1 N–H and O–H groups in total. The van der Waals surface area contributed by atoms with Crippen molar-refractivity contribution in [3.8, 4) is 0 Å². The van der Waals surface area contributed by atoms with Gasteiger partial charge < -0.3 is 19.6 Å². The first-order chi connectivity index (χ1) is 11.8. The molecule has 6 nitrogen and oxygen atoms in total. The number of anilines is 2. The summed E-state index contributed by atoms with van der Waals surface area (Å²) in [6.45, 7) is 11.2. The van der Waals surface area contributed by atoms with E-state index in [-0.39, 0.29) is 11.4 Å². The zero-order chi connectivity index (χ0) is 18.0. The summed E-state index contributed by atoms with van der Waals surface area (Å²) in [5, 5.41) is 7.13. The summed E-state index contributed by atoms with van der Waals surface area (Å²) in [5.41, 5.74) is 2.00. The predicted molar refractivity (Wildman–Crippen MR) is 99.2 cm³/mol. The van der Waals surface area contributed by atoms with Gasteiger partial charge >= 0.3 is 6.03 Å². The highest BCUT2D eigenvalue weighted by Crippen LogP contribution is 2.29. The lowest BCUT2D eigenvalue weighted by Gasteiger charge is -2.35. The van der Waals surface area contributed by atoms with Crippen LogP contribution in [0.2, 0.25) is 0 Å². The van der Waals surface area contributed by atoms with E-state index in [2.05, 4.69) is 42.2 Å². The van der Waals surface area contributed by atoms with Crippen LogP contribution in [0.4, 0.5) is 16.3 Å². The second kappa shape index (κ2) is 6.78. The number of nitrogens with zero attached hydrogens (tertiary/aromatic N) is 3. The number of piperazine rings is 1. The van der Waals surface area contributed by atoms with Gasteiger partial charge in [-0.15, -0.1) is 0 Å². The summed E-state index contributed by atoms with van der Waals surface area (Å²) < 4.78 is 5.13. The molecule has 0 unspecified atom stereocenters. The maximum atomic E-state index is 12.7. The first-order valence-corrected chi connectivity index (χ1v) is 8.68. The van der Waals surface area contributed by atoms with Crippen molar-refractivity contribution in [3.05, 3.63) is 41.7 Å². The number of urea groups is 1. The van der Waals surface area contributed by atoms with Gasteiger partial charge in [-0.1, -0.05) is 44.1 Å². The first kappa shape index (κ1) is 17.3. The molecule has 0 radical (unpaired) electrons. The zero-order valence-corrected chi connectivity index (χ0v) is 15.4. The van der Waals surface area contributed by atoms with Gasteiger partial charge in [-0.05, 0) is 24.0 Å². The Hall–Kier alpha value is -2.50. The fraction of sp³-hybridized carbons (Fsp3) is 0.474. The van der Waals surface area contributed by atoms with Gasteiger partial charge in [0.1, 0.15) is 5.76 Å². The minimum atomic E-state index is -0.0484. The van der Waals surface area contributed by atoms with Gasteiger partial charge in [0.15, 0.2) is 5.82 Å². The number of carbonyl (C=O) groups excluding carboxylic acids is 1. The van der Waals surface area contributed by atoms with Crippen molar-refractivity contribution in [3.63, 3.8) is 0 Å². The second-order valence-electron chi connectivity index (χ2n) is 7.50. The molecule has 0 spiro atoms. The molecule has 1 saturated heterocycles. The van der Waals surface area contributed by atoms with Gasteiger partial charge in [-0.2, -0.15) is 0 Å². The number of aromatic nitrogens is 1. The highest BCUT2D eigenvalue weighted by molar-refractivity contribution is 5.90. The van der Waals surface area contributed by atoms with Gasteiger partial charge in [0.05, 0.1) is 0 Å². The van der Waals surface area contributed by atoms with Crippen LogP contribution in [0.3, 0.4) is 0 Å². The smallest absolute Gasteiger partial charge is 0.321 e. The van der Waals surface area contributed by atoms with E-state index in [4.69, 9.17) is 4.52 Å². The van der Waals surface area contributed by atoms with Crippen LogP contribution >= 0.6 is 0 Å². The summed E-state index contributed by atoms with van der Waals surface area (Å²) in [4.78, 5) is 16.6. The number of amides is 2. The van der Waals surface area contributed by atoms with Crippen LogP contribution in [0, 0.1) is 6.92 Å². The Labute approximate surface area is 148 Å². The van der Waals surface area contributed by atoms with Crippen LogP contribution in [0.15, 0.2) is 34.9 Å². The number of hydrogen-bond donors (Lipinski definition) is 1. The van der Waals surface area contributed by atoms with E-state index < -0.39 is 0 Å². The van der Waals surface area contributed by atoms with Gasteiger partial charge in [-0.25, -0.2) is 4.79 Å². The lowest BCUT2D eigenvalue weighted by atomic mass is 9.86. The standard InChI is InChI=1S/C19H26N4O2/c1-14-13-17(21-25-14)22-9-11-23(12-10-22)18(24)20-16-8-6-5-7-15(16)19(2,3)4/h5-8,13H,9-12H2,1-4H3,(H,20,24). The van der Waals surface area contributed by atoms with Gasteiger partial charge in [0.2, 0.25) is 0 Å². The monoisotopic (exact) mass is 342 g/mol. The van der Waals surface area contributed by atoms with E-state index in [0.29, 0.717) is 13.1 Å². The molecule has 0 atom stereocenters. The molecule has 0 bridgehead atoms. The number of benzene rings is 1. The average molecular weight is 342 g/mol. The molecule has 25 heavy (non-hydrogen) atoms. The van der Waals surface area contributed by atoms with E-state index in [1.54, 1.807) is 0 Å².